The summed E-state index contributed by atoms with van der Waals surface area (Å²) in [5.74, 6) is 0. The van der Waals surface area contributed by atoms with Gasteiger partial charge in [-0.3, -0.25) is 0 Å². The van der Waals surface area contributed by atoms with Crippen LogP contribution in [0.5, 0.6) is 0 Å². The molecular formula is C17H18O3S. The summed E-state index contributed by atoms with van der Waals surface area (Å²) in [6, 6.07) is 18.2. The molecule has 1 saturated heterocycles. The lowest BCUT2D eigenvalue weighted by Crippen LogP contribution is -2.25. The van der Waals surface area contributed by atoms with E-state index in [1.807, 2.05) is 43.3 Å². The summed E-state index contributed by atoms with van der Waals surface area (Å²) in [6.45, 7) is 1.93. The van der Waals surface area contributed by atoms with Crippen molar-refractivity contribution in [2.45, 2.75) is 35.7 Å². The molecule has 1 aliphatic rings. The molecule has 0 N–H and O–H groups in total. The molecule has 1 fully saturated rings. The third-order valence-corrected chi connectivity index (χ3v) is 6.05. The van der Waals surface area contributed by atoms with Gasteiger partial charge in [-0.25, -0.2) is 8.42 Å². The Labute approximate surface area is 125 Å². The molecule has 2 aromatic rings. The molecule has 1 heterocycles. The standard InChI is InChI=1S/C17H18O3S/c1-13-12-16(17(20-13)14-8-4-2-5-9-14)21(18,19)15-10-6-3-7-11-15/h2-11,13,16-17H,12H2,1H3/t13-,16+,17-/m0/s1. The Kier molecular flexibility index (Phi) is 3.83. The monoisotopic (exact) mass is 302 g/mol. The van der Waals surface area contributed by atoms with Crippen molar-refractivity contribution in [1.82, 2.24) is 0 Å². The van der Waals surface area contributed by atoms with E-state index in [-0.39, 0.29) is 6.10 Å². The quantitative estimate of drug-likeness (QED) is 0.873. The summed E-state index contributed by atoms with van der Waals surface area (Å²) < 4.78 is 31.7. The van der Waals surface area contributed by atoms with Gasteiger partial charge in [-0.1, -0.05) is 48.5 Å². The maximum atomic E-state index is 12.9. The van der Waals surface area contributed by atoms with E-state index >= 15 is 0 Å². The fourth-order valence-corrected chi connectivity index (χ4v) is 4.81. The summed E-state index contributed by atoms with van der Waals surface area (Å²) in [7, 11) is -3.39. The first-order valence-electron chi connectivity index (χ1n) is 7.08. The second-order valence-electron chi connectivity index (χ2n) is 5.41. The van der Waals surface area contributed by atoms with Gasteiger partial charge in [0.1, 0.15) is 6.10 Å². The highest BCUT2D eigenvalue weighted by atomic mass is 32.2. The summed E-state index contributed by atoms with van der Waals surface area (Å²) in [4.78, 5) is 0.369. The molecule has 4 heteroatoms. The van der Waals surface area contributed by atoms with Crippen LogP contribution in [0.2, 0.25) is 0 Å². The van der Waals surface area contributed by atoms with Crippen molar-refractivity contribution in [2.75, 3.05) is 0 Å². The molecule has 0 saturated carbocycles. The van der Waals surface area contributed by atoms with Gasteiger partial charge in [0.15, 0.2) is 9.84 Å². The molecule has 0 aliphatic carbocycles. The van der Waals surface area contributed by atoms with Gasteiger partial charge in [0, 0.05) is 0 Å². The van der Waals surface area contributed by atoms with Crippen molar-refractivity contribution in [1.29, 1.82) is 0 Å². The fraction of sp³-hybridized carbons (Fsp3) is 0.294. The van der Waals surface area contributed by atoms with E-state index < -0.39 is 21.2 Å². The second-order valence-corrected chi connectivity index (χ2v) is 7.58. The van der Waals surface area contributed by atoms with E-state index in [4.69, 9.17) is 4.74 Å². The van der Waals surface area contributed by atoms with E-state index in [0.717, 1.165) is 5.56 Å². The zero-order valence-corrected chi connectivity index (χ0v) is 12.7. The highest BCUT2D eigenvalue weighted by molar-refractivity contribution is 7.92. The largest absolute Gasteiger partial charge is 0.369 e. The normalized spacial score (nSPS) is 25.9. The maximum absolute atomic E-state index is 12.9. The van der Waals surface area contributed by atoms with Crippen LogP contribution in [0.3, 0.4) is 0 Å². The number of rotatable bonds is 3. The van der Waals surface area contributed by atoms with Crippen LogP contribution in [0.15, 0.2) is 65.6 Å². The molecule has 3 nitrogen and oxygen atoms in total. The number of sulfone groups is 1. The van der Waals surface area contributed by atoms with Gasteiger partial charge in [0.05, 0.1) is 16.2 Å². The third kappa shape index (κ3) is 2.74. The predicted molar refractivity (Wildman–Crippen MR) is 81.8 cm³/mol. The van der Waals surface area contributed by atoms with Crippen LogP contribution in [0.1, 0.15) is 25.0 Å². The fourth-order valence-electron chi connectivity index (χ4n) is 2.85. The Morgan fingerprint density at radius 3 is 2.14 bits per heavy atom. The van der Waals surface area contributed by atoms with Crippen LogP contribution < -0.4 is 0 Å². The van der Waals surface area contributed by atoms with Gasteiger partial charge in [0.2, 0.25) is 0 Å². The molecule has 3 rings (SSSR count). The summed E-state index contributed by atoms with van der Waals surface area (Å²) in [5.41, 5.74) is 0.923. The first-order valence-corrected chi connectivity index (χ1v) is 8.63. The lowest BCUT2D eigenvalue weighted by atomic mass is 10.1. The van der Waals surface area contributed by atoms with Crippen molar-refractivity contribution < 1.29 is 13.2 Å². The van der Waals surface area contributed by atoms with Crippen LogP contribution >= 0.6 is 0 Å². The molecule has 3 atom stereocenters. The smallest absolute Gasteiger partial charge is 0.184 e. The molecule has 0 unspecified atom stereocenters. The van der Waals surface area contributed by atoms with E-state index in [1.165, 1.54) is 0 Å². The van der Waals surface area contributed by atoms with Gasteiger partial charge in [-0.05, 0) is 31.0 Å². The first kappa shape index (κ1) is 14.3. The number of hydrogen-bond acceptors (Lipinski definition) is 3. The average molecular weight is 302 g/mol. The number of benzene rings is 2. The Morgan fingerprint density at radius 1 is 0.952 bits per heavy atom. The summed E-state index contributed by atoms with van der Waals surface area (Å²) >= 11 is 0. The Bertz CT molecular complexity index is 695. The Hall–Kier alpha value is -1.65. The van der Waals surface area contributed by atoms with Crippen LogP contribution in [-0.2, 0) is 14.6 Å². The lowest BCUT2D eigenvalue weighted by Gasteiger charge is -2.19. The highest BCUT2D eigenvalue weighted by Gasteiger charge is 2.43. The van der Waals surface area contributed by atoms with Crippen molar-refractivity contribution in [3.63, 3.8) is 0 Å². The SMILES string of the molecule is C[C@H]1C[C@@H](S(=O)(=O)c2ccccc2)[C@H](c2ccccc2)O1. The van der Waals surface area contributed by atoms with Gasteiger partial charge in [-0.15, -0.1) is 0 Å². The van der Waals surface area contributed by atoms with E-state index in [0.29, 0.717) is 11.3 Å². The van der Waals surface area contributed by atoms with Crippen LogP contribution in [0, 0.1) is 0 Å². The molecule has 0 aromatic heterocycles. The molecule has 1 aliphatic heterocycles. The van der Waals surface area contributed by atoms with Gasteiger partial charge in [-0.2, -0.15) is 0 Å². The average Bonchev–Trinajstić information content (AvgIpc) is 2.92. The van der Waals surface area contributed by atoms with Crippen molar-refractivity contribution in [3.8, 4) is 0 Å². The van der Waals surface area contributed by atoms with Crippen molar-refractivity contribution >= 4 is 9.84 Å². The van der Waals surface area contributed by atoms with Gasteiger partial charge >= 0.3 is 0 Å². The summed E-state index contributed by atoms with van der Waals surface area (Å²) in [6.07, 6.45) is 0.0710. The molecule has 0 bridgehead atoms. The third-order valence-electron chi connectivity index (χ3n) is 3.88. The molecule has 2 aromatic carbocycles. The molecule has 0 spiro atoms. The predicted octanol–water partition coefficient (Wildman–Crippen LogP) is 3.38. The number of ether oxygens (including phenoxy) is 1. The number of hydrogen-bond donors (Lipinski definition) is 0. The first-order chi connectivity index (χ1) is 10.1. The van der Waals surface area contributed by atoms with E-state index in [2.05, 4.69) is 0 Å². The minimum absolute atomic E-state index is 0.0568. The molecule has 0 amide bonds. The molecular weight excluding hydrogens is 284 g/mol. The minimum Gasteiger partial charge on any atom is -0.369 e. The Balaban J connectivity index is 2.00. The van der Waals surface area contributed by atoms with Crippen LogP contribution in [0.4, 0.5) is 0 Å². The molecule has 21 heavy (non-hydrogen) atoms. The van der Waals surface area contributed by atoms with E-state index in [9.17, 15) is 8.42 Å². The van der Waals surface area contributed by atoms with Gasteiger partial charge in [0.25, 0.3) is 0 Å². The minimum atomic E-state index is -3.39. The second kappa shape index (κ2) is 5.62. The van der Waals surface area contributed by atoms with Crippen molar-refractivity contribution in [3.05, 3.63) is 66.2 Å². The highest BCUT2D eigenvalue weighted by Crippen LogP contribution is 2.39. The molecule has 0 radical (unpaired) electrons. The van der Waals surface area contributed by atoms with Crippen LogP contribution in [-0.4, -0.2) is 19.8 Å². The van der Waals surface area contributed by atoms with Crippen LogP contribution in [0.25, 0.3) is 0 Å². The van der Waals surface area contributed by atoms with Crippen molar-refractivity contribution in [2.24, 2.45) is 0 Å². The maximum Gasteiger partial charge on any atom is 0.184 e. The molecule has 110 valence electrons. The van der Waals surface area contributed by atoms with Gasteiger partial charge < -0.3 is 4.74 Å². The zero-order valence-electron chi connectivity index (χ0n) is 11.8. The van der Waals surface area contributed by atoms with E-state index in [1.54, 1.807) is 24.3 Å². The summed E-state index contributed by atoms with van der Waals surface area (Å²) in [5, 5.41) is -0.530. The topological polar surface area (TPSA) is 43.4 Å². The zero-order chi connectivity index (χ0) is 14.9. The Morgan fingerprint density at radius 2 is 1.52 bits per heavy atom. The lowest BCUT2D eigenvalue weighted by molar-refractivity contribution is 0.0562.